The topological polar surface area (TPSA) is 114 Å². The second-order valence-electron chi connectivity index (χ2n) is 5.11. The van der Waals surface area contributed by atoms with E-state index in [2.05, 4.69) is 26.5 Å². The Morgan fingerprint density at radius 3 is 2.85 bits per heavy atom. The molecule has 2 aromatic rings. The van der Waals surface area contributed by atoms with Crippen LogP contribution >= 0.6 is 27.5 Å². The highest BCUT2D eigenvalue weighted by Crippen LogP contribution is 2.32. The molecule has 136 valence electrons. The number of nitrogens with zero attached hydrogens (tertiary/aromatic N) is 2. The van der Waals surface area contributed by atoms with Crippen LogP contribution in [0.3, 0.4) is 0 Å². The van der Waals surface area contributed by atoms with E-state index >= 15 is 0 Å². The summed E-state index contributed by atoms with van der Waals surface area (Å²) < 4.78 is 5.69. The molecular weight excluding hydrogens is 430 g/mol. The number of nitro benzene ring substituents is 1. The molecule has 0 radical (unpaired) electrons. The van der Waals surface area contributed by atoms with Crippen molar-refractivity contribution in [1.29, 1.82) is 0 Å². The molecule has 0 aromatic heterocycles. The van der Waals surface area contributed by atoms with E-state index in [9.17, 15) is 20.0 Å². The van der Waals surface area contributed by atoms with E-state index in [0.29, 0.717) is 15.2 Å². The Hall–Kier alpha value is -2.65. The van der Waals surface area contributed by atoms with Gasteiger partial charge in [0.05, 0.1) is 11.1 Å². The smallest absolute Gasteiger partial charge is 0.312 e. The second-order valence-corrected chi connectivity index (χ2v) is 6.44. The maximum atomic E-state index is 11.7. The lowest BCUT2D eigenvalue weighted by atomic mass is 10.2. The molecule has 0 heterocycles. The van der Waals surface area contributed by atoms with Gasteiger partial charge in [-0.3, -0.25) is 14.9 Å². The number of hydrogen-bond acceptors (Lipinski definition) is 6. The third-order valence-electron chi connectivity index (χ3n) is 3.17. The van der Waals surface area contributed by atoms with E-state index in [0.717, 1.165) is 17.8 Å². The maximum absolute atomic E-state index is 11.7. The van der Waals surface area contributed by atoms with E-state index in [-0.39, 0.29) is 12.2 Å². The zero-order valence-electron chi connectivity index (χ0n) is 13.4. The van der Waals surface area contributed by atoms with E-state index < -0.39 is 22.3 Å². The molecule has 10 heteroatoms. The Labute approximate surface area is 161 Å². The third-order valence-corrected chi connectivity index (χ3v) is 4.05. The van der Waals surface area contributed by atoms with Gasteiger partial charge in [0.2, 0.25) is 5.75 Å². The summed E-state index contributed by atoms with van der Waals surface area (Å²) in [5.41, 5.74) is 2.61. The number of hydrogen-bond donors (Lipinski definition) is 2. The second kappa shape index (κ2) is 8.63. The molecule has 0 spiro atoms. The Kier molecular flexibility index (Phi) is 6.53. The van der Waals surface area contributed by atoms with Gasteiger partial charge in [0.25, 0.3) is 5.91 Å². The average Bonchev–Trinajstić information content (AvgIpc) is 2.58. The van der Waals surface area contributed by atoms with Gasteiger partial charge in [-0.15, -0.1) is 0 Å². The molecule has 1 amide bonds. The van der Waals surface area contributed by atoms with Crippen molar-refractivity contribution in [3.05, 3.63) is 61.1 Å². The van der Waals surface area contributed by atoms with Crippen molar-refractivity contribution in [3.8, 4) is 11.5 Å². The lowest BCUT2D eigenvalue weighted by Crippen LogP contribution is -2.24. The molecule has 26 heavy (non-hydrogen) atoms. The number of benzene rings is 2. The normalized spacial score (nSPS) is 10.7. The number of aromatic hydroxyl groups is 1. The fourth-order valence-electron chi connectivity index (χ4n) is 1.90. The summed E-state index contributed by atoms with van der Waals surface area (Å²) in [6.45, 7) is 1.52. The van der Waals surface area contributed by atoms with Gasteiger partial charge in [0.1, 0.15) is 5.75 Å². The fourth-order valence-corrected chi connectivity index (χ4v) is 2.49. The van der Waals surface area contributed by atoms with Crippen molar-refractivity contribution in [2.75, 3.05) is 6.61 Å². The Morgan fingerprint density at radius 2 is 2.19 bits per heavy atom. The molecule has 0 atom stereocenters. The van der Waals surface area contributed by atoms with Gasteiger partial charge < -0.3 is 9.84 Å². The summed E-state index contributed by atoms with van der Waals surface area (Å²) in [4.78, 5) is 21.9. The van der Waals surface area contributed by atoms with Crippen molar-refractivity contribution < 1.29 is 19.6 Å². The van der Waals surface area contributed by atoms with Crippen molar-refractivity contribution in [3.63, 3.8) is 0 Å². The highest BCUT2D eigenvalue weighted by atomic mass is 79.9. The summed E-state index contributed by atoms with van der Waals surface area (Å²) in [6, 6.07) is 7.56. The van der Waals surface area contributed by atoms with Crippen LogP contribution in [0.25, 0.3) is 0 Å². The summed E-state index contributed by atoms with van der Waals surface area (Å²) in [5.74, 6) is -0.617. The number of phenolic OH excluding ortho intramolecular Hbond substituents is 1. The fraction of sp³-hybridized carbons (Fsp3) is 0.125. The molecule has 0 saturated carbocycles. The molecule has 0 aliphatic carbocycles. The molecular formula is C16H13BrClN3O5. The molecule has 0 aliphatic rings. The van der Waals surface area contributed by atoms with Crippen LogP contribution in [0.15, 0.2) is 39.9 Å². The predicted octanol–water partition coefficient (Wildman–Crippen LogP) is 3.55. The standard InChI is InChI=1S/C16H13BrClN3O5/c1-9-4-12(2-3-13(9)18)26-8-15(22)20-19-7-10-5-11(17)6-14(16(10)23)21(24)25/h2-7,23H,8H2,1H3,(H,20,22)/b19-7+. The van der Waals surface area contributed by atoms with Gasteiger partial charge in [-0.05, 0) is 36.8 Å². The number of rotatable bonds is 6. The first kappa shape index (κ1) is 19.7. The van der Waals surface area contributed by atoms with Gasteiger partial charge in [-0.25, -0.2) is 5.43 Å². The van der Waals surface area contributed by atoms with Crippen LogP contribution in [0.4, 0.5) is 5.69 Å². The van der Waals surface area contributed by atoms with Crippen LogP contribution < -0.4 is 10.2 Å². The zero-order valence-corrected chi connectivity index (χ0v) is 15.7. The zero-order chi connectivity index (χ0) is 19.3. The number of phenols is 1. The first-order chi connectivity index (χ1) is 12.3. The number of halogens is 2. The van der Waals surface area contributed by atoms with Crippen molar-refractivity contribution in [2.45, 2.75) is 6.92 Å². The molecule has 2 aromatic carbocycles. The minimum Gasteiger partial charge on any atom is -0.502 e. The first-order valence-corrected chi connectivity index (χ1v) is 8.32. The minimum absolute atomic E-state index is 0.0700. The summed E-state index contributed by atoms with van der Waals surface area (Å²) >= 11 is 9.01. The van der Waals surface area contributed by atoms with Crippen LogP contribution in [0.2, 0.25) is 5.02 Å². The monoisotopic (exact) mass is 441 g/mol. The maximum Gasteiger partial charge on any atom is 0.312 e. The molecule has 2 N–H and O–H groups in total. The van der Waals surface area contributed by atoms with Gasteiger partial charge in [-0.2, -0.15) is 5.10 Å². The molecule has 0 unspecified atom stereocenters. The van der Waals surface area contributed by atoms with E-state index in [1.54, 1.807) is 18.2 Å². The Bertz CT molecular complexity index is 888. The number of carbonyl (C=O) groups is 1. The van der Waals surface area contributed by atoms with Gasteiger partial charge in [0, 0.05) is 21.1 Å². The number of aryl methyl sites for hydroxylation is 1. The Balaban J connectivity index is 1.96. The number of nitrogens with one attached hydrogen (secondary N) is 1. The molecule has 0 fully saturated rings. The summed E-state index contributed by atoms with van der Waals surface area (Å²) in [6.07, 6.45) is 1.09. The third kappa shape index (κ3) is 5.17. The van der Waals surface area contributed by atoms with Crippen molar-refractivity contribution in [2.24, 2.45) is 5.10 Å². The number of ether oxygens (including phenoxy) is 1. The van der Waals surface area contributed by atoms with Crippen LogP contribution in [-0.4, -0.2) is 28.8 Å². The number of amides is 1. The highest BCUT2D eigenvalue weighted by Gasteiger charge is 2.17. The van der Waals surface area contributed by atoms with Crippen LogP contribution in [0.1, 0.15) is 11.1 Å². The van der Waals surface area contributed by atoms with Crippen LogP contribution in [0.5, 0.6) is 11.5 Å². The molecule has 0 bridgehead atoms. The van der Waals surface area contributed by atoms with Crippen LogP contribution in [0, 0.1) is 17.0 Å². The quantitative estimate of drug-likeness (QED) is 0.403. The number of nitro groups is 1. The van der Waals surface area contributed by atoms with Crippen LogP contribution in [-0.2, 0) is 4.79 Å². The molecule has 2 rings (SSSR count). The number of hydrazone groups is 1. The average molecular weight is 443 g/mol. The van der Waals surface area contributed by atoms with Gasteiger partial charge >= 0.3 is 5.69 Å². The lowest BCUT2D eigenvalue weighted by molar-refractivity contribution is -0.385. The number of carbonyl (C=O) groups excluding carboxylic acids is 1. The minimum atomic E-state index is -0.724. The SMILES string of the molecule is Cc1cc(OCC(=O)N/N=C/c2cc(Br)cc([N+](=O)[O-])c2O)ccc1Cl. The lowest BCUT2D eigenvalue weighted by Gasteiger charge is -2.06. The van der Waals surface area contributed by atoms with Gasteiger partial charge in [-0.1, -0.05) is 27.5 Å². The largest absolute Gasteiger partial charge is 0.502 e. The molecule has 0 aliphatic heterocycles. The summed E-state index contributed by atoms with van der Waals surface area (Å²) in [7, 11) is 0. The highest BCUT2D eigenvalue weighted by molar-refractivity contribution is 9.10. The van der Waals surface area contributed by atoms with Crippen molar-refractivity contribution >= 4 is 45.3 Å². The Morgan fingerprint density at radius 1 is 1.46 bits per heavy atom. The van der Waals surface area contributed by atoms with E-state index in [1.165, 1.54) is 6.07 Å². The predicted molar refractivity (Wildman–Crippen MR) is 99.9 cm³/mol. The molecule has 8 nitrogen and oxygen atoms in total. The van der Waals surface area contributed by atoms with Gasteiger partial charge in [0.15, 0.2) is 6.61 Å². The summed E-state index contributed by atoms with van der Waals surface area (Å²) in [5, 5.41) is 25.0. The van der Waals surface area contributed by atoms with E-state index in [1.807, 2.05) is 6.92 Å². The first-order valence-electron chi connectivity index (χ1n) is 7.15. The molecule has 0 saturated heterocycles. The van der Waals surface area contributed by atoms with E-state index in [4.69, 9.17) is 16.3 Å². The van der Waals surface area contributed by atoms with Crippen molar-refractivity contribution in [1.82, 2.24) is 5.43 Å².